The molecular formula is C18H25NO4. The van der Waals surface area contributed by atoms with Gasteiger partial charge in [0.1, 0.15) is 0 Å². The van der Waals surface area contributed by atoms with Gasteiger partial charge in [-0.2, -0.15) is 0 Å². The lowest BCUT2D eigenvalue weighted by Crippen LogP contribution is -2.46. The number of methoxy groups -OCH3 is 1. The Morgan fingerprint density at radius 3 is 2.43 bits per heavy atom. The molecule has 126 valence electrons. The molecule has 0 radical (unpaired) electrons. The SMILES string of the molecule is COC(=O)C1CCC(O)(CNC(=O)Cc2ccc(C)cc2)CC1. The molecule has 0 unspecified atom stereocenters. The minimum absolute atomic E-state index is 0.0997. The van der Waals surface area contributed by atoms with Gasteiger partial charge in [-0.3, -0.25) is 9.59 Å². The van der Waals surface area contributed by atoms with Crippen LogP contribution >= 0.6 is 0 Å². The fourth-order valence-corrected chi connectivity index (χ4v) is 2.95. The van der Waals surface area contributed by atoms with Gasteiger partial charge in [-0.1, -0.05) is 29.8 Å². The van der Waals surface area contributed by atoms with Gasteiger partial charge in [0.25, 0.3) is 0 Å². The van der Waals surface area contributed by atoms with Gasteiger partial charge in [-0.05, 0) is 38.2 Å². The molecule has 0 aliphatic heterocycles. The molecule has 23 heavy (non-hydrogen) atoms. The number of hydrogen-bond acceptors (Lipinski definition) is 4. The predicted octanol–water partition coefficient (Wildman–Crippen LogP) is 1.75. The van der Waals surface area contributed by atoms with Gasteiger partial charge in [0.05, 0.1) is 25.0 Å². The molecule has 2 rings (SSSR count). The molecule has 1 aliphatic carbocycles. The van der Waals surface area contributed by atoms with Crippen LogP contribution in [0.5, 0.6) is 0 Å². The van der Waals surface area contributed by atoms with E-state index in [9.17, 15) is 14.7 Å². The highest BCUT2D eigenvalue weighted by molar-refractivity contribution is 5.78. The van der Waals surface area contributed by atoms with Crippen LogP contribution in [-0.2, 0) is 20.7 Å². The number of aliphatic hydroxyl groups is 1. The first-order valence-electron chi connectivity index (χ1n) is 8.04. The van der Waals surface area contributed by atoms with Crippen LogP contribution in [0.4, 0.5) is 0 Å². The summed E-state index contributed by atoms with van der Waals surface area (Å²) in [6.45, 7) is 2.23. The maximum atomic E-state index is 12.0. The number of aryl methyl sites for hydroxylation is 1. The van der Waals surface area contributed by atoms with E-state index in [1.54, 1.807) is 0 Å². The van der Waals surface area contributed by atoms with E-state index in [1.807, 2.05) is 31.2 Å². The van der Waals surface area contributed by atoms with Gasteiger partial charge in [-0.15, -0.1) is 0 Å². The number of carbonyl (C=O) groups is 2. The summed E-state index contributed by atoms with van der Waals surface area (Å²) >= 11 is 0. The number of carbonyl (C=O) groups excluding carboxylic acids is 2. The highest BCUT2D eigenvalue weighted by atomic mass is 16.5. The number of rotatable bonds is 5. The Morgan fingerprint density at radius 1 is 1.26 bits per heavy atom. The van der Waals surface area contributed by atoms with Crippen molar-refractivity contribution in [3.63, 3.8) is 0 Å². The quantitative estimate of drug-likeness (QED) is 0.811. The molecule has 0 spiro atoms. The zero-order valence-corrected chi connectivity index (χ0v) is 13.8. The molecule has 1 aliphatic rings. The number of esters is 1. The Bertz CT molecular complexity index is 545. The van der Waals surface area contributed by atoms with Gasteiger partial charge in [-0.25, -0.2) is 0 Å². The van der Waals surface area contributed by atoms with Crippen LogP contribution in [0.3, 0.4) is 0 Å². The molecule has 5 heteroatoms. The summed E-state index contributed by atoms with van der Waals surface area (Å²) in [5.74, 6) is -0.448. The lowest BCUT2D eigenvalue weighted by Gasteiger charge is -2.35. The molecule has 1 aromatic rings. The summed E-state index contributed by atoms with van der Waals surface area (Å²) in [6.07, 6.45) is 2.49. The second-order valence-electron chi connectivity index (χ2n) is 6.46. The summed E-state index contributed by atoms with van der Waals surface area (Å²) in [4.78, 5) is 23.5. The third-order valence-corrected chi connectivity index (χ3v) is 4.55. The Labute approximate surface area is 137 Å². The maximum absolute atomic E-state index is 12.0. The first-order chi connectivity index (χ1) is 10.9. The molecule has 5 nitrogen and oxygen atoms in total. The number of benzene rings is 1. The Morgan fingerprint density at radius 2 is 1.87 bits per heavy atom. The fourth-order valence-electron chi connectivity index (χ4n) is 2.95. The molecule has 0 aromatic heterocycles. The summed E-state index contributed by atoms with van der Waals surface area (Å²) in [7, 11) is 1.38. The molecule has 1 saturated carbocycles. The number of nitrogens with one attached hydrogen (secondary N) is 1. The van der Waals surface area contributed by atoms with Gasteiger partial charge in [0.15, 0.2) is 0 Å². The minimum Gasteiger partial charge on any atom is -0.469 e. The largest absolute Gasteiger partial charge is 0.469 e. The third-order valence-electron chi connectivity index (χ3n) is 4.55. The van der Waals surface area contributed by atoms with Crippen LogP contribution < -0.4 is 5.32 Å². The smallest absolute Gasteiger partial charge is 0.308 e. The standard InChI is InChI=1S/C18H25NO4/c1-13-3-5-14(6-4-13)11-16(20)19-12-18(22)9-7-15(8-10-18)17(21)23-2/h3-6,15,22H,7-12H2,1-2H3,(H,19,20). The van der Waals surface area contributed by atoms with E-state index < -0.39 is 5.60 Å². The van der Waals surface area contributed by atoms with Gasteiger partial charge in [0.2, 0.25) is 5.91 Å². The zero-order chi connectivity index (χ0) is 16.9. The normalized spacial score (nSPS) is 24.0. The van der Waals surface area contributed by atoms with Gasteiger partial charge >= 0.3 is 5.97 Å². The molecule has 0 heterocycles. The number of amides is 1. The van der Waals surface area contributed by atoms with Crippen molar-refractivity contribution in [3.05, 3.63) is 35.4 Å². The van der Waals surface area contributed by atoms with E-state index in [-0.39, 0.29) is 24.3 Å². The second kappa shape index (κ2) is 7.59. The Hall–Kier alpha value is -1.88. The molecule has 0 bridgehead atoms. The van der Waals surface area contributed by atoms with Crippen LogP contribution in [0.25, 0.3) is 0 Å². The van der Waals surface area contributed by atoms with Crippen LogP contribution in [0.1, 0.15) is 36.8 Å². The summed E-state index contributed by atoms with van der Waals surface area (Å²) in [5.41, 5.74) is 1.19. The van der Waals surface area contributed by atoms with E-state index in [0.717, 1.165) is 11.1 Å². The average Bonchev–Trinajstić information content (AvgIpc) is 2.55. The van der Waals surface area contributed by atoms with E-state index >= 15 is 0 Å². The molecule has 0 atom stereocenters. The average molecular weight is 319 g/mol. The molecule has 1 aromatic carbocycles. The van der Waals surface area contributed by atoms with Gasteiger partial charge in [0, 0.05) is 6.54 Å². The monoisotopic (exact) mass is 319 g/mol. The molecule has 2 N–H and O–H groups in total. The first kappa shape index (κ1) is 17.5. The van der Waals surface area contributed by atoms with Crippen molar-refractivity contribution in [3.8, 4) is 0 Å². The molecule has 1 fully saturated rings. The van der Waals surface area contributed by atoms with Crippen molar-refractivity contribution in [2.24, 2.45) is 5.92 Å². The van der Waals surface area contributed by atoms with Gasteiger partial charge < -0.3 is 15.2 Å². The predicted molar refractivity (Wildman–Crippen MR) is 86.8 cm³/mol. The topological polar surface area (TPSA) is 75.6 Å². The second-order valence-corrected chi connectivity index (χ2v) is 6.46. The number of ether oxygens (including phenoxy) is 1. The highest BCUT2D eigenvalue weighted by Gasteiger charge is 2.36. The highest BCUT2D eigenvalue weighted by Crippen LogP contribution is 2.32. The third kappa shape index (κ3) is 5.06. The van der Waals surface area contributed by atoms with E-state index in [0.29, 0.717) is 32.1 Å². The van der Waals surface area contributed by atoms with Crippen molar-refractivity contribution in [2.75, 3.05) is 13.7 Å². The minimum atomic E-state index is -0.923. The maximum Gasteiger partial charge on any atom is 0.308 e. The Balaban J connectivity index is 1.77. The van der Waals surface area contributed by atoms with Crippen molar-refractivity contribution in [1.29, 1.82) is 0 Å². The van der Waals surface area contributed by atoms with Crippen LogP contribution in [0.15, 0.2) is 24.3 Å². The van der Waals surface area contributed by atoms with Crippen LogP contribution in [-0.4, -0.2) is 36.2 Å². The number of hydrogen-bond donors (Lipinski definition) is 2. The van der Waals surface area contributed by atoms with Crippen molar-refractivity contribution in [1.82, 2.24) is 5.32 Å². The zero-order valence-electron chi connectivity index (χ0n) is 13.8. The van der Waals surface area contributed by atoms with E-state index in [1.165, 1.54) is 7.11 Å². The molecular weight excluding hydrogens is 294 g/mol. The van der Waals surface area contributed by atoms with Crippen molar-refractivity contribution in [2.45, 2.75) is 44.6 Å². The fraction of sp³-hybridized carbons (Fsp3) is 0.556. The van der Waals surface area contributed by atoms with Crippen LogP contribution in [0.2, 0.25) is 0 Å². The first-order valence-corrected chi connectivity index (χ1v) is 8.04. The Kier molecular flexibility index (Phi) is 5.77. The summed E-state index contributed by atoms with van der Waals surface area (Å²) in [6, 6.07) is 7.82. The molecule has 1 amide bonds. The van der Waals surface area contributed by atoms with E-state index in [2.05, 4.69) is 5.32 Å². The van der Waals surface area contributed by atoms with Crippen molar-refractivity contribution < 1.29 is 19.4 Å². The van der Waals surface area contributed by atoms with Crippen molar-refractivity contribution >= 4 is 11.9 Å². The summed E-state index contributed by atoms with van der Waals surface area (Å²) < 4.78 is 4.74. The van der Waals surface area contributed by atoms with E-state index in [4.69, 9.17) is 4.74 Å². The van der Waals surface area contributed by atoms with Crippen LogP contribution in [0, 0.1) is 12.8 Å². The molecule has 0 saturated heterocycles. The summed E-state index contributed by atoms with van der Waals surface area (Å²) in [5, 5.41) is 13.3. The lowest BCUT2D eigenvalue weighted by atomic mass is 9.78. The lowest BCUT2D eigenvalue weighted by molar-refractivity contribution is -0.148.